The predicted molar refractivity (Wildman–Crippen MR) is 57.8 cm³/mol. The minimum absolute atomic E-state index is 0.00826. The molecule has 1 aromatic rings. The van der Waals surface area contributed by atoms with Crippen molar-refractivity contribution in [2.75, 3.05) is 0 Å². The van der Waals surface area contributed by atoms with E-state index in [1.807, 2.05) is 0 Å². The van der Waals surface area contributed by atoms with Crippen LogP contribution in [-0.4, -0.2) is 16.1 Å². The zero-order valence-corrected chi connectivity index (χ0v) is 10.2. The number of hydrogen-bond donors (Lipinski definition) is 1. The Balaban J connectivity index is 3.27. The molecule has 0 unspecified atom stereocenters. The smallest absolute Gasteiger partial charge is 0.307 e. The lowest BCUT2D eigenvalue weighted by atomic mass is 10.1. The molecule has 0 saturated heterocycles. The Labute approximate surface area is 104 Å². The summed E-state index contributed by atoms with van der Waals surface area (Å²) >= 11 is 8.46. The fourth-order valence-corrected chi connectivity index (χ4v) is 1.93. The van der Waals surface area contributed by atoms with Crippen molar-refractivity contribution in [3.05, 3.63) is 27.5 Å². The van der Waals surface area contributed by atoms with E-state index in [-0.39, 0.29) is 27.3 Å². The van der Waals surface area contributed by atoms with Gasteiger partial charge in [0, 0.05) is 11.1 Å². The van der Waals surface area contributed by atoms with Gasteiger partial charge in [-0.15, -0.1) is 11.6 Å². The first-order valence-electron chi connectivity index (χ1n) is 4.19. The Hall–Kier alpha value is -0.750. The van der Waals surface area contributed by atoms with Gasteiger partial charge in [-0.2, -0.15) is 0 Å². The topological polar surface area (TPSA) is 50.2 Å². The summed E-state index contributed by atoms with van der Waals surface area (Å²) in [5, 5.41) is 8.60. The lowest BCUT2D eigenvalue weighted by molar-refractivity contribution is -0.136. The maximum Gasteiger partial charge on any atom is 0.307 e. The van der Waals surface area contributed by atoms with Gasteiger partial charge in [0.15, 0.2) is 0 Å². The van der Waals surface area contributed by atoms with Crippen LogP contribution in [0.1, 0.15) is 23.2 Å². The molecular formula is C9H7BrClF2NO2. The van der Waals surface area contributed by atoms with E-state index < -0.39 is 18.8 Å². The van der Waals surface area contributed by atoms with Crippen molar-refractivity contribution in [1.82, 2.24) is 4.98 Å². The van der Waals surface area contributed by atoms with Crippen LogP contribution in [0.25, 0.3) is 0 Å². The van der Waals surface area contributed by atoms with E-state index in [1.54, 1.807) is 0 Å². The molecule has 88 valence electrons. The number of hydrogen-bond acceptors (Lipinski definition) is 2. The molecule has 0 fully saturated rings. The first-order valence-corrected chi connectivity index (χ1v) is 5.52. The van der Waals surface area contributed by atoms with Gasteiger partial charge in [-0.3, -0.25) is 4.79 Å². The summed E-state index contributed by atoms with van der Waals surface area (Å²) in [6, 6.07) is 1.13. The van der Waals surface area contributed by atoms with Crippen LogP contribution in [0.4, 0.5) is 8.78 Å². The molecule has 0 atom stereocenters. The maximum absolute atomic E-state index is 12.7. The molecule has 3 nitrogen and oxygen atoms in total. The standard InChI is InChI=1S/C9H7BrClF2NO2/c10-8-5(2-7(15)16)6(9(12)13)1-4(3-11)14-8/h1,9H,2-3H2,(H,15,16). The van der Waals surface area contributed by atoms with Crippen LogP contribution in [0, 0.1) is 0 Å². The lowest BCUT2D eigenvalue weighted by Crippen LogP contribution is -2.07. The van der Waals surface area contributed by atoms with Crippen molar-refractivity contribution in [3.8, 4) is 0 Å². The van der Waals surface area contributed by atoms with Gasteiger partial charge in [0.2, 0.25) is 0 Å². The van der Waals surface area contributed by atoms with Crippen LogP contribution >= 0.6 is 27.5 Å². The van der Waals surface area contributed by atoms with Crippen LogP contribution in [0.5, 0.6) is 0 Å². The molecule has 1 rings (SSSR count). The van der Waals surface area contributed by atoms with Crippen molar-refractivity contribution in [1.29, 1.82) is 0 Å². The van der Waals surface area contributed by atoms with Crippen molar-refractivity contribution in [2.24, 2.45) is 0 Å². The number of nitrogens with zero attached hydrogens (tertiary/aromatic N) is 1. The monoisotopic (exact) mass is 313 g/mol. The van der Waals surface area contributed by atoms with Crippen molar-refractivity contribution in [3.63, 3.8) is 0 Å². The Morgan fingerprint density at radius 1 is 1.62 bits per heavy atom. The van der Waals surface area contributed by atoms with E-state index in [0.717, 1.165) is 6.07 Å². The van der Waals surface area contributed by atoms with Crippen molar-refractivity contribution < 1.29 is 18.7 Å². The number of aliphatic carboxylic acids is 1. The Kier molecular flexibility index (Phi) is 4.61. The summed E-state index contributed by atoms with van der Waals surface area (Å²) in [7, 11) is 0. The number of rotatable bonds is 4. The van der Waals surface area contributed by atoms with Gasteiger partial charge < -0.3 is 5.11 Å². The van der Waals surface area contributed by atoms with Crippen LogP contribution in [0.2, 0.25) is 0 Å². The minimum Gasteiger partial charge on any atom is -0.481 e. The molecule has 0 aromatic carbocycles. The molecule has 0 aliphatic carbocycles. The third-order valence-electron chi connectivity index (χ3n) is 1.86. The summed E-state index contributed by atoms with van der Waals surface area (Å²) in [5.74, 6) is -1.20. The quantitative estimate of drug-likeness (QED) is 0.686. The Morgan fingerprint density at radius 3 is 2.69 bits per heavy atom. The fraction of sp³-hybridized carbons (Fsp3) is 0.333. The van der Waals surface area contributed by atoms with Crippen molar-refractivity contribution >= 4 is 33.5 Å². The van der Waals surface area contributed by atoms with E-state index in [4.69, 9.17) is 16.7 Å². The van der Waals surface area contributed by atoms with Crippen LogP contribution in [0.15, 0.2) is 10.7 Å². The zero-order valence-electron chi connectivity index (χ0n) is 7.88. The normalized spacial score (nSPS) is 10.8. The average molecular weight is 315 g/mol. The number of carboxylic acid groups (broad SMARTS) is 1. The van der Waals surface area contributed by atoms with Gasteiger partial charge in [-0.1, -0.05) is 0 Å². The molecule has 1 N–H and O–H groups in total. The maximum atomic E-state index is 12.7. The first kappa shape index (κ1) is 13.3. The van der Waals surface area contributed by atoms with E-state index in [9.17, 15) is 13.6 Å². The second kappa shape index (κ2) is 5.54. The predicted octanol–water partition coefficient (Wildman–Crippen LogP) is 3.15. The Bertz CT molecular complexity index is 415. The van der Waals surface area contributed by atoms with Gasteiger partial charge >= 0.3 is 5.97 Å². The number of aromatic nitrogens is 1. The third kappa shape index (κ3) is 3.12. The van der Waals surface area contributed by atoms with E-state index in [1.165, 1.54) is 0 Å². The van der Waals surface area contributed by atoms with Gasteiger partial charge in [0.25, 0.3) is 6.43 Å². The molecule has 0 saturated carbocycles. The molecular weight excluding hydrogens is 307 g/mol. The molecule has 0 aliphatic rings. The number of carbonyl (C=O) groups is 1. The second-order valence-electron chi connectivity index (χ2n) is 2.98. The Morgan fingerprint density at radius 2 is 2.25 bits per heavy atom. The summed E-state index contributed by atoms with van der Waals surface area (Å²) < 4.78 is 25.5. The van der Waals surface area contributed by atoms with E-state index in [0.29, 0.717) is 0 Å². The van der Waals surface area contributed by atoms with Gasteiger partial charge in [-0.25, -0.2) is 13.8 Å². The molecule has 0 bridgehead atoms. The van der Waals surface area contributed by atoms with Crippen LogP contribution < -0.4 is 0 Å². The highest BCUT2D eigenvalue weighted by Gasteiger charge is 2.19. The molecule has 7 heteroatoms. The first-order chi connectivity index (χ1) is 7.45. The number of pyridine rings is 1. The van der Waals surface area contributed by atoms with Gasteiger partial charge in [0.1, 0.15) is 4.60 Å². The number of alkyl halides is 3. The summed E-state index contributed by atoms with van der Waals surface area (Å²) in [5.41, 5.74) is -0.0886. The van der Waals surface area contributed by atoms with E-state index >= 15 is 0 Å². The fourth-order valence-electron chi connectivity index (χ4n) is 1.20. The highest BCUT2D eigenvalue weighted by molar-refractivity contribution is 9.10. The highest BCUT2D eigenvalue weighted by Crippen LogP contribution is 2.29. The summed E-state index contributed by atoms with van der Waals surface area (Å²) in [6.07, 6.45) is -3.26. The average Bonchev–Trinajstić information content (AvgIpc) is 2.19. The number of carboxylic acids is 1. The molecule has 0 amide bonds. The SMILES string of the molecule is O=C(O)Cc1c(C(F)F)cc(CCl)nc1Br. The minimum atomic E-state index is -2.75. The summed E-state index contributed by atoms with van der Waals surface area (Å²) in [6.45, 7) is 0. The molecule has 0 radical (unpaired) electrons. The van der Waals surface area contributed by atoms with Gasteiger partial charge in [-0.05, 0) is 22.0 Å². The van der Waals surface area contributed by atoms with Crippen LogP contribution in [0.3, 0.4) is 0 Å². The molecule has 1 heterocycles. The second-order valence-corrected chi connectivity index (χ2v) is 4.00. The third-order valence-corrected chi connectivity index (χ3v) is 2.79. The van der Waals surface area contributed by atoms with E-state index in [2.05, 4.69) is 20.9 Å². The molecule has 1 aromatic heterocycles. The number of halogens is 4. The molecule has 16 heavy (non-hydrogen) atoms. The largest absolute Gasteiger partial charge is 0.481 e. The van der Waals surface area contributed by atoms with Crippen molar-refractivity contribution in [2.45, 2.75) is 18.7 Å². The van der Waals surface area contributed by atoms with Crippen LogP contribution in [-0.2, 0) is 17.1 Å². The lowest BCUT2D eigenvalue weighted by Gasteiger charge is -2.10. The molecule has 0 aliphatic heterocycles. The zero-order chi connectivity index (χ0) is 12.3. The summed E-state index contributed by atoms with van der Waals surface area (Å²) in [4.78, 5) is 14.4. The van der Waals surface area contributed by atoms with Gasteiger partial charge in [0.05, 0.1) is 18.0 Å². The highest BCUT2D eigenvalue weighted by atomic mass is 79.9. The molecule has 0 spiro atoms.